The van der Waals surface area contributed by atoms with Crippen LogP contribution in [0, 0.1) is 0 Å². The van der Waals surface area contributed by atoms with Crippen molar-refractivity contribution in [1.29, 1.82) is 0 Å². The van der Waals surface area contributed by atoms with Crippen molar-refractivity contribution >= 4 is 5.91 Å². The molecule has 1 N–H and O–H groups in total. The molecule has 0 bridgehead atoms. The van der Waals surface area contributed by atoms with Crippen LogP contribution in [0.4, 0.5) is 0 Å². The Morgan fingerprint density at radius 2 is 1.71 bits per heavy atom. The molecule has 0 rings (SSSR count). The molecule has 0 spiro atoms. The lowest BCUT2D eigenvalue weighted by Gasteiger charge is -2.28. The second-order valence-corrected chi connectivity index (χ2v) is 6.05. The van der Waals surface area contributed by atoms with Crippen molar-refractivity contribution in [2.75, 3.05) is 34.2 Å². The molecule has 0 aliphatic carbocycles. The van der Waals surface area contributed by atoms with Gasteiger partial charge in [-0.25, -0.2) is 0 Å². The molecular weight excluding hydrogens is 214 g/mol. The maximum Gasteiger partial charge on any atom is 0.237 e. The minimum Gasteiger partial charge on any atom is -0.350 e. The fourth-order valence-electron chi connectivity index (χ4n) is 1.50. The summed E-state index contributed by atoms with van der Waals surface area (Å²) in [4.78, 5) is 16.2. The van der Waals surface area contributed by atoms with E-state index < -0.39 is 0 Å². The van der Waals surface area contributed by atoms with Crippen molar-refractivity contribution in [3.05, 3.63) is 0 Å². The number of hydrogen-bond donors (Lipinski definition) is 1. The van der Waals surface area contributed by atoms with Crippen molar-refractivity contribution in [2.24, 2.45) is 0 Å². The highest BCUT2D eigenvalue weighted by Crippen LogP contribution is 2.03. The fraction of sp³-hybridized carbons (Fsp3) is 0.923. The maximum absolute atomic E-state index is 11.9. The van der Waals surface area contributed by atoms with Gasteiger partial charge in [-0.05, 0) is 68.3 Å². The van der Waals surface area contributed by atoms with Crippen molar-refractivity contribution < 1.29 is 4.79 Å². The Balaban J connectivity index is 4.03. The largest absolute Gasteiger partial charge is 0.350 e. The third-order valence-corrected chi connectivity index (χ3v) is 2.65. The average molecular weight is 243 g/mol. The third kappa shape index (κ3) is 8.16. The van der Waals surface area contributed by atoms with Crippen molar-refractivity contribution in [3.63, 3.8) is 0 Å². The van der Waals surface area contributed by atoms with Gasteiger partial charge in [0.25, 0.3) is 0 Å². The van der Waals surface area contributed by atoms with E-state index in [1.807, 2.05) is 34.7 Å². The zero-order chi connectivity index (χ0) is 13.6. The first-order valence-electron chi connectivity index (χ1n) is 6.30. The van der Waals surface area contributed by atoms with E-state index in [2.05, 4.69) is 29.2 Å². The number of likely N-dealkylation sites (N-methyl/N-ethyl adjacent to an activating group) is 1. The summed E-state index contributed by atoms with van der Waals surface area (Å²) in [5.41, 5.74) is -0.157. The number of nitrogens with zero attached hydrogens (tertiary/aromatic N) is 2. The second-order valence-electron chi connectivity index (χ2n) is 6.05. The Kier molecular flexibility index (Phi) is 6.72. The zero-order valence-corrected chi connectivity index (χ0v) is 12.5. The lowest BCUT2D eigenvalue weighted by atomic mass is 10.1. The van der Waals surface area contributed by atoms with Gasteiger partial charge in [0.2, 0.25) is 5.91 Å². The number of carbonyl (C=O) groups excluding carboxylic acids is 1. The molecule has 0 aliphatic heterocycles. The Morgan fingerprint density at radius 1 is 1.18 bits per heavy atom. The van der Waals surface area contributed by atoms with Crippen molar-refractivity contribution in [3.8, 4) is 0 Å². The first-order valence-corrected chi connectivity index (χ1v) is 6.30. The van der Waals surface area contributed by atoms with E-state index in [9.17, 15) is 4.79 Å². The van der Waals surface area contributed by atoms with E-state index in [-0.39, 0.29) is 17.5 Å². The van der Waals surface area contributed by atoms with E-state index in [4.69, 9.17) is 0 Å². The summed E-state index contributed by atoms with van der Waals surface area (Å²) in [5.74, 6) is 0.102. The normalized spacial score (nSPS) is 14.2. The van der Waals surface area contributed by atoms with Crippen LogP contribution in [0.5, 0.6) is 0 Å². The molecular formula is C13H29N3O. The van der Waals surface area contributed by atoms with Crippen LogP contribution in [0.1, 0.15) is 34.1 Å². The first kappa shape index (κ1) is 16.4. The Morgan fingerprint density at radius 3 is 2.12 bits per heavy atom. The van der Waals surface area contributed by atoms with Gasteiger partial charge < -0.3 is 10.2 Å². The van der Waals surface area contributed by atoms with Crippen LogP contribution in [-0.2, 0) is 4.79 Å². The summed E-state index contributed by atoms with van der Waals surface area (Å²) < 4.78 is 0. The molecule has 0 aliphatic rings. The van der Waals surface area contributed by atoms with E-state index >= 15 is 0 Å². The average Bonchev–Trinajstić information content (AvgIpc) is 2.13. The SMILES string of the molecule is C[C@H](C(=O)NC(C)(C)C)N(C)CCCN(C)C. The smallest absolute Gasteiger partial charge is 0.237 e. The van der Waals surface area contributed by atoms with Gasteiger partial charge in [0.15, 0.2) is 0 Å². The monoisotopic (exact) mass is 243 g/mol. The van der Waals surface area contributed by atoms with Gasteiger partial charge in [0.05, 0.1) is 6.04 Å². The molecule has 1 atom stereocenters. The summed E-state index contributed by atoms with van der Waals surface area (Å²) in [7, 11) is 6.13. The quantitative estimate of drug-likeness (QED) is 0.761. The molecule has 0 saturated carbocycles. The molecule has 0 aromatic heterocycles. The van der Waals surface area contributed by atoms with Gasteiger partial charge in [-0.3, -0.25) is 9.69 Å². The van der Waals surface area contributed by atoms with E-state index in [0.29, 0.717) is 0 Å². The lowest BCUT2D eigenvalue weighted by Crippen LogP contribution is -2.50. The minimum absolute atomic E-state index is 0.0728. The highest BCUT2D eigenvalue weighted by atomic mass is 16.2. The standard InChI is InChI=1S/C13H29N3O/c1-11(12(17)14-13(2,3)4)16(7)10-8-9-15(5)6/h11H,8-10H2,1-7H3,(H,14,17)/t11-/m1/s1. The van der Waals surface area contributed by atoms with Crippen LogP contribution in [0.15, 0.2) is 0 Å². The second kappa shape index (κ2) is 6.97. The fourth-order valence-corrected chi connectivity index (χ4v) is 1.50. The first-order chi connectivity index (χ1) is 7.63. The van der Waals surface area contributed by atoms with E-state index in [1.165, 1.54) is 0 Å². The predicted molar refractivity (Wildman–Crippen MR) is 73.2 cm³/mol. The van der Waals surface area contributed by atoms with Crippen molar-refractivity contribution in [1.82, 2.24) is 15.1 Å². The molecule has 0 saturated heterocycles. The molecule has 0 radical (unpaired) electrons. The van der Waals surface area contributed by atoms with E-state index in [1.54, 1.807) is 0 Å². The molecule has 0 heterocycles. The molecule has 0 aromatic rings. The van der Waals surface area contributed by atoms with Crippen LogP contribution in [-0.4, -0.2) is 61.5 Å². The number of hydrogen-bond acceptors (Lipinski definition) is 3. The van der Waals surface area contributed by atoms with Gasteiger partial charge >= 0.3 is 0 Å². The molecule has 4 nitrogen and oxygen atoms in total. The van der Waals surface area contributed by atoms with Gasteiger partial charge in [0.1, 0.15) is 0 Å². The number of rotatable bonds is 6. The number of amides is 1. The van der Waals surface area contributed by atoms with Crippen molar-refractivity contribution in [2.45, 2.75) is 45.7 Å². The molecule has 1 amide bonds. The molecule has 0 aromatic carbocycles. The zero-order valence-electron chi connectivity index (χ0n) is 12.5. The predicted octanol–water partition coefficient (Wildman–Crippen LogP) is 1.17. The molecule has 17 heavy (non-hydrogen) atoms. The van der Waals surface area contributed by atoms with E-state index in [0.717, 1.165) is 19.5 Å². The molecule has 4 heteroatoms. The lowest BCUT2D eigenvalue weighted by molar-refractivity contribution is -0.126. The molecule has 102 valence electrons. The van der Waals surface area contributed by atoms with Gasteiger partial charge in [0, 0.05) is 5.54 Å². The topological polar surface area (TPSA) is 35.6 Å². The summed E-state index contributed by atoms with van der Waals surface area (Å²) in [6, 6.07) is -0.0728. The Hall–Kier alpha value is -0.610. The summed E-state index contributed by atoms with van der Waals surface area (Å²) in [5, 5.41) is 3.01. The summed E-state index contributed by atoms with van der Waals surface area (Å²) >= 11 is 0. The third-order valence-electron chi connectivity index (χ3n) is 2.65. The number of carbonyl (C=O) groups is 1. The van der Waals surface area contributed by atoms with Gasteiger partial charge in [-0.2, -0.15) is 0 Å². The van der Waals surface area contributed by atoms with Gasteiger partial charge in [-0.15, -0.1) is 0 Å². The highest BCUT2D eigenvalue weighted by molar-refractivity contribution is 5.81. The Bertz CT molecular complexity index is 233. The maximum atomic E-state index is 11.9. The van der Waals surface area contributed by atoms with Gasteiger partial charge in [-0.1, -0.05) is 0 Å². The van der Waals surface area contributed by atoms with Crippen LogP contribution >= 0.6 is 0 Å². The minimum atomic E-state index is -0.157. The summed E-state index contributed by atoms with van der Waals surface area (Å²) in [6.45, 7) is 9.96. The highest BCUT2D eigenvalue weighted by Gasteiger charge is 2.21. The molecule has 0 fully saturated rings. The Labute approximate surface area is 106 Å². The summed E-state index contributed by atoms with van der Waals surface area (Å²) in [6.07, 6.45) is 1.08. The van der Waals surface area contributed by atoms with Crippen LogP contribution in [0.3, 0.4) is 0 Å². The van der Waals surface area contributed by atoms with Crippen LogP contribution in [0.25, 0.3) is 0 Å². The number of nitrogens with one attached hydrogen (secondary N) is 1. The molecule has 0 unspecified atom stereocenters. The van der Waals surface area contributed by atoms with Crippen LogP contribution in [0.2, 0.25) is 0 Å². The van der Waals surface area contributed by atoms with Crippen LogP contribution < -0.4 is 5.32 Å².